The Morgan fingerprint density at radius 2 is 1.59 bits per heavy atom. The molecule has 1 N–H and O–H groups in total. The number of amides is 1. The van der Waals surface area contributed by atoms with Crippen LogP contribution in [0, 0.1) is 5.92 Å². The minimum atomic E-state index is -0.186. The van der Waals surface area contributed by atoms with Crippen molar-refractivity contribution in [3.8, 4) is 11.5 Å². The first-order valence-electron chi connectivity index (χ1n) is 9.91. The molecule has 0 bridgehead atoms. The number of rotatable bonds is 9. The van der Waals surface area contributed by atoms with Gasteiger partial charge in [-0.1, -0.05) is 56.3 Å². The average Bonchev–Trinajstić information content (AvgIpc) is 2.73. The van der Waals surface area contributed by atoms with Crippen molar-refractivity contribution in [1.82, 2.24) is 0 Å². The standard InChI is InChI=1S/C25H27NO3/c1-19(2)14-15-28-24-13-7-11-22(17-24)26-25(27)21-10-6-12-23(16-21)29-18-20-8-4-3-5-9-20/h3-13,16-17,19H,14-15,18H2,1-2H3,(H,26,27). The fourth-order valence-corrected chi connectivity index (χ4v) is 2.75. The molecule has 0 atom stereocenters. The zero-order valence-corrected chi connectivity index (χ0v) is 16.9. The summed E-state index contributed by atoms with van der Waals surface area (Å²) in [5.41, 5.74) is 2.32. The topological polar surface area (TPSA) is 47.6 Å². The van der Waals surface area contributed by atoms with E-state index in [9.17, 15) is 4.79 Å². The monoisotopic (exact) mass is 389 g/mol. The van der Waals surface area contributed by atoms with E-state index >= 15 is 0 Å². The number of hydrogen-bond acceptors (Lipinski definition) is 3. The molecule has 3 aromatic rings. The maximum Gasteiger partial charge on any atom is 0.255 e. The summed E-state index contributed by atoms with van der Waals surface area (Å²) in [6, 6.07) is 24.6. The molecular formula is C25H27NO3. The maximum atomic E-state index is 12.6. The van der Waals surface area contributed by atoms with Gasteiger partial charge in [-0.25, -0.2) is 0 Å². The van der Waals surface area contributed by atoms with E-state index in [1.807, 2.05) is 66.7 Å². The zero-order valence-electron chi connectivity index (χ0n) is 16.9. The molecule has 0 saturated carbocycles. The Labute approximate surface area is 172 Å². The Morgan fingerprint density at radius 3 is 2.34 bits per heavy atom. The number of benzene rings is 3. The summed E-state index contributed by atoms with van der Waals surface area (Å²) in [6.07, 6.45) is 0.992. The number of carbonyl (C=O) groups excluding carboxylic acids is 1. The first-order valence-corrected chi connectivity index (χ1v) is 9.91. The first kappa shape index (κ1) is 20.5. The van der Waals surface area contributed by atoms with E-state index < -0.39 is 0 Å². The average molecular weight is 389 g/mol. The van der Waals surface area contributed by atoms with Gasteiger partial charge >= 0.3 is 0 Å². The molecule has 0 aliphatic rings. The third-order valence-corrected chi connectivity index (χ3v) is 4.40. The second kappa shape index (κ2) is 10.3. The molecule has 3 rings (SSSR count). The van der Waals surface area contributed by atoms with Gasteiger partial charge in [-0.2, -0.15) is 0 Å². The van der Waals surface area contributed by atoms with Crippen molar-refractivity contribution >= 4 is 11.6 Å². The number of hydrogen-bond donors (Lipinski definition) is 1. The van der Waals surface area contributed by atoms with E-state index in [0.717, 1.165) is 17.7 Å². The summed E-state index contributed by atoms with van der Waals surface area (Å²) >= 11 is 0. The molecule has 0 fully saturated rings. The Kier molecular flexibility index (Phi) is 7.28. The highest BCUT2D eigenvalue weighted by Gasteiger charge is 2.08. The largest absolute Gasteiger partial charge is 0.494 e. The molecular weight excluding hydrogens is 362 g/mol. The number of anilines is 1. The van der Waals surface area contributed by atoms with E-state index in [0.29, 0.717) is 36.1 Å². The van der Waals surface area contributed by atoms with E-state index in [1.54, 1.807) is 12.1 Å². The molecule has 0 spiro atoms. The van der Waals surface area contributed by atoms with Crippen LogP contribution in [0.15, 0.2) is 78.9 Å². The Bertz CT molecular complexity index is 922. The van der Waals surface area contributed by atoms with Gasteiger partial charge in [0.05, 0.1) is 6.61 Å². The van der Waals surface area contributed by atoms with Gasteiger partial charge in [0.15, 0.2) is 0 Å². The lowest BCUT2D eigenvalue weighted by molar-refractivity contribution is 0.102. The highest BCUT2D eigenvalue weighted by Crippen LogP contribution is 2.20. The van der Waals surface area contributed by atoms with E-state index in [4.69, 9.17) is 9.47 Å². The van der Waals surface area contributed by atoms with Gasteiger partial charge in [0.1, 0.15) is 18.1 Å². The second-order valence-electron chi connectivity index (χ2n) is 7.32. The van der Waals surface area contributed by atoms with Crippen molar-refractivity contribution < 1.29 is 14.3 Å². The highest BCUT2D eigenvalue weighted by atomic mass is 16.5. The molecule has 150 valence electrons. The van der Waals surface area contributed by atoms with Crippen LogP contribution in [-0.2, 0) is 6.61 Å². The molecule has 0 saturated heterocycles. The first-order chi connectivity index (χ1) is 14.1. The normalized spacial score (nSPS) is 10.6. The number of ether oxygens (including phenoxy) is 2. The van der Waals surface area contributed by atoms with E-state index in [2.05, 4.69) is 19.2 Å². The predicted octanol–water partition coefficient (Wildman–Crippen LogP) is 5.94. The van der Waals surface area contributed by atoms with Crippen LogP contribution in [0.1, 0.15) is 36.2 Å². The van der Waals surface area contributed by atoms with Gasteiger partial charge in [-0.3, -0.25) is 4.79 Å². The summed E-state index contributed by atoms with van der Waals surface area (Å²) in [5, 5.41) is 2.92. The molecule has 4 heteroatoms. The van der Waals surface area contributed by atoms with Gasteiger partial charge in [0.2, 0.25) is 0 Å². The SMILES string of the molecule is CC(C)CCOc1cccc(NC(=O)c2cccc(OCc3ccccc3)c2)c1. The van der Waals surface area contributed by atoms with Crippen LogP contribution in [0.2, 0.25) is 0 Å². The quantitative estimate of drug-likeness (QED) is 0.492. The fourth-order valence-electron chi connectivity index (χ4n) is 2.75. The Hall–Kier alpha value is -3.27. The van der Waals surface area contributed by atoms with Gasteiger partial charge < -0.3 is 14.8 Å². The fraction of sp³-hybridized carbons (Fsp3) is 0.240. The minimum Gasteiger partial charge on any atom is -0.494 e. The van der Waals surface area contributed by atoms with Gasteiger partial charge in [-0.15, -0.1) is 0 Å². The van der Waals surface area contributed by atoms with Crippen LogP contribution in [0.5, 0.6) is 11.5 Å². The van der Waals surface area contributed by atoms with Crippen molar-refractivity contribution in [3.05, 3.63) is 90.0 Å². The number of carbonyl (C=O) groups is 1. The predicted molar refractivity (Wildman–Crippen MR) is 117 cm³/mol. The molecule has 0 unspecified atom stereocenters. The highest BCUT2D eigenvalue weighted by molar-refractivity contribution is 6.04. The molecule has 0 heterocycles. The van der Waals surface area contributed by atoms with Crippen molar-refractivity contribution in [1.29, 1.82) is 0 Å². The third-order valence-electron chi connectivity index (χ3n) is 4.40. The van der Waals surface area contributed by atoms with Gasteiger partial charge in [0, 0.05) is 17.3 Å². The summed E-state index contributed by atoms with van der Waals surface area (Å²) in [7, 11) is 0. The lowest BCUT2D eigenvalue weighted by Crippen LogP contribution is -2.12. The van der Waals surface area contributed by atoms with Crippen LogP contribution >= 0.6 is 0 Å². The smallest absolute Gasteiger partial charge is 0.255 e. The lowest BCUT2D eigenvalue weighted by Gasteiger charge is -2.11. The maximum absolute atomic E-state index is 12.6. The van der Waals surface area contributed by atoms with Crippen LogP contribution in [-0.4, -0.2) is 12.5 Å². The molecule has 0 aromatic heterocycles. The van der Waals surface area contributed by atoms with Crippen molar-refractivity contribution in [2.75, 3.05) is 11.9 Å². The Morgan fingerprint density at radius 1 is 0.862 bits per heavy atom. The minimum absolute atomic E-state index is 0.186. The molecule has 0 aliphatic heterocycles. The zero-order chi connectivity index (χ0) is 20.5. The van der Waals surface area contributed by atoms with Crippen LogP contribution < -0.4 is 14.8 Å². The Balaban J connectivity index is 1.59. The summed E-state index contributed by atoms with van der Waals surface area (Å²) in [6.45, 7) is 5.45. The molecule has 29 heavy (non-hydrogen) atoms. The summed E-state index contributed by atoms with van der Waals surface area (Å²) in [4.78, 5) is 12.6. The van der Waals surface area contributed by atoms with Gasteiger partial charge in [-0.05, 0) is 48.2 Å². The molecule has 4 nitrogen and oxygen atoms in total. The van der Waals surface area contributed by atoms with E-state index in [-0.39, 0.29) is 5.91 Å². The third kappa shape index (κ3) is 6.68. The van der Waals surface area contributed by atoms with E-state index in [1.165, 1.54) is 0 Å². The summed E-state index contributed by atoms with van der Waals surface area (Å²) in [5.74, 6) is 1.82. The van der Waals surface area contributed by atoms with Gasteiger partial charge in [0.25, 0.3) is 5.91 Å². The van der Waals surface area contributed by atoms with Crippen molar-refractivity contribution in [2.24, 2.45) is 5.92 Å². The van der Waals surface area contributed by atoms with Crippen LogP contribution in [0.3, 0.4) is 0 Å². The molecule has 3 aromatic carbocycles. The molecule has 0 radical (unpaired) electrons. The molecule has 0 aliphatic carbocycles. The van der Waals surface area contributed by atoms with Crippen molar-refractivity contribution in [3.63, 3.8) is 0 Å². The summed E-state index contributed by atoms with van der Waals surface area (Å²) < 4.78 is 11.6. The van der Waals surface area contributed by atoms with Crippen LogP contribution in [0.4, 0.5) is 5.69 Å². The second-order valence-corrected chi connectivity index (χ2v) is 7.32. The van der Waals surface area contributed by atoms with Crippen LogP contribution in [0.25, 0.3) is 0 Å². The number of nitrogens with one attached hydrogen (secondary N) is 1. The molecule has 1 amide bonds. The van der Waals surface area contributed by atoms with Crippen molar-refractivity contribution in [2.45, 2.75) is 26.9 Å². The lowest BCUT2D eigenvalue weighted by atomic mass is 10.1.